The van der Waals surface area contributed by atoms with Crippen LogP contribution in [0, 0.1) is 0 Å². The minimum atomic E-state index is 0.0289. The highest BCUT2D eigenvalue weighted by Crippen LogP contribution is 2.23. The largest absolute Gasteiger partial charge is 0.497 e. The van der Waals surface area contributed by atoms with Crippen LogP contribution in [0.2, 0.25) is 0 Å². The van der Waals surface area contributed by atoms with E-state index in [0.717, 1.165) is 22.5 Å². The third-order valence-electron chi connectivity index (χ3n) is 2.52. The van der Waals surface area contributed by atoms with Crippen LogP contribution < -0.4 is 4.74 Å². The molecule has 84 valence electrons. The Morgan fingerprint density at radius 1 is 1.12 bits per heavy atom. The zero-order valence-corrected chi connectivity index (χ0v) is 10.1. The lowest BCUT2D eigenvalue weighted by Crippen LogP contribution is -2.13. The smallest absolute Gasteiger partial charge is 0.121 e. The van der Waals surface area contributed by atoms with Gasteiger partial charge in [-0.1, -0.05) is 20.8 Å². The van der Waals surface area contributed by atoms with Crippen LogP contribution in [-0.4, -0.2) is 17.1 Å². The van der Waals surface area contributed by atoms with Crippen molar-refractivity contribution in [1.29, 1.82) is 0 Å². The Bertz CT molecular complexity index is 515. The van der Waals surface area contributed by atoms with Crippen LogP contribution in [0.15, 0.2) is 24.4 Å². The lowest BCUT2D eigenvalue weighted by atomic mass is 9.92. The first-order chi connectivity index (χ1) is 7.50. The quantitative estimate of drug-likeness (QED) is 0.735. The van der Waals surface area contributed by atoms with Crippen molar-refractivity contribution < 1.29 is 4.74 Å². The molecule has 0 N–H and O–H groups in total. The van der Waals surface area contributed by atoms with Gasteiger partial charge in [-0.3, -0.25) is 4.98 Å². The third-order valence-corrected chi connectivity index (χ3v) is 2.52. The normalized spacial score (nSPS) is 11.8. The third kappa shape index (κ3) is 1.98. The van der Waals surface area contributed by atoms with Gasteiger partial charge in [0.05, 0.1) is 23.8 Å². The Hall–Kier alpha value is -1.64. The van der Waals surface area contributed by atoms with Crippen LogP contribution in [0.3, 0.4) is 0 Å². The topological polar surface area (TPSA) is 35.0 Å². The maximum Gasteiger partial charge on any atom is 0.121 e. The van der Waals surface area contributed by atoms with E-state index in [1.54, 1.807) is 7.11 Å². The van der Waals surface area contributed by atoms with Crippen molar-refractivity contribution in [2.24, 2.45) is 0 Å². The fourth-order valence-electron chi connectivity index (χ4n) is 1.48. The van der Waals surface area contributed by atoms with Gasteiger partial charge in [0.2, 0.25) is 0 Å². The van der Waals surface area contributed by atoms with Crippen molar-refractivity contribution in [3.8, 4) is 5.75 Å². The second-order valence-electron chi connectivity index (χ2n) is 4.86. The number of methoxy groups -OCH3 is 1. The highest BCUT2D eigenvalue weighted by Gasteiger charge is 2.16. The predicted molar refractivity (Wildman–Crippen MR) is 64.8 cm³/mol. The van der Waals surface area contributed by atoms with Gasteiger partial charge in [-0.05, 0) is 12.1 Å². The van der Waals surface area contributed by atoms with Gasteiger partial charge in [0.25, 0.3) is 0 Å². The van der Waals surface area contributed by atoms with Crippen molar-refractivity contribution in [2.75, 3.05) is 7.11 Å². The number of hydrogen-bond donors (Lipinski definition) is 0. The second kappa shape index (κ2) is 3.74. The van der Waals surface area contributed by atoms with Gasteiger partial charge < -0.3 is 4.74 Å². The first kappa shape index (κ1) is 10.9. The molecule has 0 aliphatic heterocycles. The van der Waals surface area contributed by atoms with Gasteiger partial charge in [0.15, 0.2) is 0 Å². The zero-order chi connectivity index (χ0) is 11.8. The van der Waals surface area contributed by atoms with E-state index >= 15 is 0 Å². The molecule has 0 spiro atoms. The van der Waals surface area contributed by atoms with Gasteiger partial charge in [-0.2, -0.15) is 0 Å². The van der Waals surface area contributed by atoms with Crippen LogP contribution in [-0.2, 0) is 5.41 Å². The second-order valence-corrected chi connectivity index (χ2v) is 4.86. The molecule has 2 aromatic rings. The number of fused-ring (bicyclic) bond motifs is 1. The van der Waals surface area contributed by atoms with Crippen molar-refractivity contribution >= 4 is 11.0 Å². The highest BCUT2D eigenvalue weighted by atomic mass is 16.5. The van der Waals surface area contributed by atoms with Crippen molar-refractivity contribution in [3.63, 3.8) is 0 Å². The zero-order valence-electron chi connectivity index (χ0n) is 10.1. The maximum atomic E-state index is 5.15. The summed E-state index contributed by atoms with van der Waals surface area (Å²) in [5, 5.41) is 0. The molecular weight excluding hydrogens is 200 g/mol. The minimum Gasteiger partial charge on any atom is -0.497 e. The molecule has 0 atom stereocenters. The van der Waals surface area contributed by atoms with Gasteiger partial charge in [-0.15, -0.1) is 0 Å². The Kier molecular flexibility index (Phi) is 2.54. The number of rotatable bonds is 1. The first-order valence-corrected chi connectivity index (χ1v) is 5.32. The summed E-state index contributed by atoms with van der Waals surface area (Å²) < 4.78 is 5.15. The van der Waals surface area contributed by atoms with E-state index in [1.807, 2.05) is 24.4 Å². The number of ether oxygens (including phenoxy) is 1. The van der Waals surface area contributed by atoms with Gasteiger partial charge in [0, 0.05) is 17.7 Å². The van der Waals surface area contributed by atoms with Gasteiger partial charge in [-0.25, -0.2) is 4.98 Å². The summed E-state index contributed by atoms with van der Waals surface area (Å²) in [6, 6.07) is 5.74. The fraction of sp³-hybridized carbons (Fsp3) is 0.385. The van der Waals surface area contributed by atoms with Crippen molar-refractivity contribution in [1.82, 2.24) is 9.97 Å². The molecule has 0 saturated heterocycles. The van der Waals surface area contributed by atoms with E-state index in [9.17, 15) is 0 Å². The maximum absolute atomic E-state index is 5.15. The van der Waals surface area contributed by atoms with Crippen LogP contribution >= 0.6 is 0 Å². The Morgan fingerprint density at radius 3 is 2.50 bits per heavy atom. The number of nitrogens with zero attached hydrogens (tertiary/aromatic N) is 2. The molecule has 1 aromatic carbocycles. The lowest BCUT2D eigenvalue weighted by Gasteiger charge is -2.17. The number of hydrogen-bond acceptors (Lipinski definition) is 3. The summed E-state index contributed by atoms with van der Waals surface area (Å²) in [6.07, 6.45) is 1.84. The van der Waals surface area contributed by atoms with Crippen LogP contribution in [0.1, 0.15) is 26.5 Å². The average Bonchev–Trinajstić information content (AvgIpc) is 2.26. The Morgan fingerprint density at radius 2 is 1.88 bits per heavy atom. The summed E-state index contributed by atoms with van der Waals surface area (Å²) in [6.45, 7) is 6.39. The highest BCUT2D eigenvalue weighted by molar-refractivity contribution is 5.75. The molecule has 0 aliphatic carbocycles. The minimum absolute atomic E-state index is 0.0289. The molecule has 0 amide bonds. The lowest BCUT2D eigenvalue weighted by molar-refractivity contribution is 0.415. The van der Waals surface area contributed by atoms with E-state index in [4.69, 9.17) is 4.74 Å². The molecule has 0 aliphatic rings. The molecule has 16 heavy (non-hydrogen) atoms. The first-order valence-electron chi connectivity index (χ1n) is 5.32. The Balaban J connectivity index is 2.56. The molecule has 3 heteroatoms. The molecule has 1 aromatic heterocycles. The molecule has 0 radical (unpaired) electrons. The Labute approximate surface area is 95.5 Å². The van der Waals surface area contributed by atoms with Crippen molar-refractivity contribution in [3.05, 3.63) is 30.1 Å². The molecular formula is C13H16N2O. The number of aromatic nitrogens is 2. The summed E-state index contributed by atoms with van der Waals surface area (Å²) >= 11 is 0. The molecule has 0 saturated carbocycles. The SMILES string of the molecule is COc1ccc2nc(C(C)(C)C)cnc2c1. The standard InChI is InChI=1S/C13H16N2O/c1-13(2,3)12-8-14-11-7-9(16-4)5-6-10(11)15-12/h5-8H,1-4H3. The summed E-state index contributed by atoms with van der Waals surface area (Å²) in [4.78, 5) is 9.02. The van der Waals surface area contributed by atoms with E-state index < -0.39 is 0 Å². The fourth-order valence-corrected chi connectivity index (χ4v) is 1.48. The van der Waals surface area contributed by atoms with E-state index in [1.165, 1.54) is 0 Å². The van der Waals surface area contributed by atoms with Crippen LogP contribution in [0.25, 0.3) is 11.0 Å². The summed E-state index contributed by atoms with van der Waals surface area (Å²) in [5.41, 5.74) is 2.81. The molecule has 2 rings (SSSR count). The monoisotopic (exact) mass is 216 g/mol. The molecule has 3 nitrogen and oxygen atoms in total. The van der Waals surface area contributed by atoms with Gasteiger partial charge in [0.1, 0.15) is 5.75 Å². The van der Waals surface area contributed by atoms with Crippen LogP contribution in [0.4, 0.5) is 0 Å². The predicted octanol–water partition coefficient (Wildman–Crippen LogP) is 2.94. The molecule has 0 fully saturated rings. The van der Waals surface area contributed by atoms with Crippen molar-refractivity contribution in [2.45, 2.75) is 26.2 Å². The van der Waals surface area contributed by atoms with Crippen LogP contribution in [0.5, 0.6) is 5.75 Å². The van der Waals surface area contributed by atoms with Gasteiger partial charge >= 0.3 is 0 Å². The molecule has 0 unspecified atom stereocenters. The van der Waals surface area contributed by atoms with E-state index in [0.29, 0.717) is 0 Å². The number of benzene rings is 1. The summed E-state index contributed by atoms with van der Waals surface area (Å²) in [7, 11) is 1.65. The molecule has 1 heterocycles. The van der Waals surface area contributed by atoms with E-state index in [-0.39, 0.29) is 5.41 Å². The molecule has 0 bridgehead atoms. The summed E-state index contributed by atoms with van der Waals surface area (Å²) in [5.74, 6) is 0.810. The average molecular weight is 216 g/mol. The van der Waals surface area contributed by atoms with E-state index in [2.05, 4.69) is 30.7 Å².